The Hall–Kier alpha value is -1.46. The van der Waals surface area contributed by atoms with Crippen LogP contribution in [0.5, 0.6) is 0 Å². The molecule has 0 spiro atoms. The van der Waals surface area contributed by atoms with Gasteiger partial charge in [-0.15, -0.1) is 0 Å². The maximum atomic E-state index is 14.4. The number of nitrogens with one attached hydrogen (secondary N) is 2. The number of aliphatic hydroxyl groups excluding tert-OH is 1. The molecule has 2 amide bonds. The monoisotopic (exact) mass is 492 g/mol. The molecular formula is C23H36F4N4O3. The van der Waals surface area contributed by atoms with Crippen molar-refractivity contribution in [1.82, 2.24) is 20.4 Å². The van der Waals surface area contributed by atoms with Gasteiger partial charge in [0.1, 0.15) is 18.8 Å². The van der Waals surface area contributed by atoms with Crippen molar-refractivity contribution in [2.45, 2.75) is 94.4 Å². The van der Waals surface area contributed by atoms with Gasteiger partial charge in [0, 0.05) is 43.7 Å². The highest BCUT2D eigenvalue weighted by atomic mass is 19.4. The molecule has 2 aliphatic heterocycles. The molecule has 2 aliphatic carbocycles. The first-order valence-corrected chi connectivity index (χ1v) is 12.5. The summed E-state index contributed by atoms with van der Waals surface area (Å²) in [5.74, 6) is -0.876. The van der Waals surface area contributed by atoms with Crippen LogP contribution >= 0.6 is 0 Å². The summed E-state index contributed by atoms with van der Waals surface area (Å²) >= 11 is 0. The standard InChI is InChI=1S/C23H36F4N4O3/c1-13-5-6-17(24)16-10-18(29-21(13)16)22(34)28-14-3-2-4-15(9-14)30-7-8-31(20(33)12-32)19(11-30)23(25,26)27/h13-19,21,29,32H,2-12H2,1H3,(H,28,34)/t13?,14-,15+,16?,17?,18?,19+,21?/m1/s1. The molecule has 8 atom stereocenters. The van der Waals surface area contributed by atoms with Gasteiger partial charge in [0.15, 0.2) is 0 Å². The van der Waals surface area contributed by atoms with E-state index >= 15 is 0 Å². The quantitative estimate of drug-likeness (QED) is 0.520. The van der Waals surface area contributed by atoms with Crippen molar-refractivity contribution in [2.24, 2.45) is 11.8 Å². The third-order valence-electron chi connectivity index (χ3n) is 8.41. The molecule has 0 aromatic carbocycles. The molecule has 11 heteroatoms. The van der Waals surface area contributed by atoms with Crippen LogP contribution in [0.2, 0.25) is 0 Å². The molecule has 0 radical (unpaired) electrons. The molecule has 2 heterocycles. The van der Waals surface area contributed by atoms with E-state index in [2.05, 4.69) is 17.6 Å². The number of hydrogen-bond acceptors (Lipinski definition) is 5. The van der Waals surface area contributed by atoms with Gasteiger partial charge in [-0.1, -0.05) is 6.92 Å². The van der Waals surface area contributed by atoms with Crippen molar-refractivity contribution in [2.75, 3.05) is 26.2 Å². The van der Waals surface area contributed by atoms with E-state index < -0.39 is 36.9 Å². The number of carbonyl (C=O) groups excluding carboxylic acids is 2. The molecule has 4 aliphatic rings. The molecule has 4 fully saturated rings. The Bertz CT molecular complexity index is 736. The van der Waals surface area contributed by atoms with Gasteiger partial charge >= 0.3 is 6.18 Å². The largest absolute Gasteiger partial charge is 0.410 e. The summed E-state index contributed by atoms with van der Waals surface area (Å²) in [4.78, 5) is 27.3. The van der Waals surface area contributed by atoms with Crippen molar-refractivity contribution in [1.29, 1.82) is 0 Å². The highest BCUT2D eigenvalue weighted by Crippen LogP contribution is 2.39. The van der Waals surface area contributed by atoms with E-state index in [0.29, 0.717) is 31.7 Å². The number of nitrogens with zero attached hydrogens (tertiary/aromatic N) is 2. The summed E-state index contributed by atoms with van der Waals surface area (Å²) in [6, 6.07) is -2.63. The summed E-state index contributed by atoms with van der Waals surface area (Å²) in [7, 11) is 0. The first-order valence-electron chi connectivity index (χ1n) is 12.5. The van der Waals surface area contributed by atoms with Crippen molar-refractivity contribution in [3.63, 3.8) is 0 Å². The lowest BCUT2D eigenvalue weighted by Crippen LogP contribution is -2.63. The van der Waals surface area contributed by atoms with Crippen molar-refractivity contribution < 1.29 is 32.3 Å². The average Bonchev–Trinajstić information content (AvgIpc) is 3.27. The SMILES string of the molecule is CC1CCC(F)C2CC(C(=O)N[C@@H]3CCC[C@H](N4CCN(C(=O)CO)[C@H](C(F)(F)F)C4)C3)NC12. The van der Waals surface area contributed by atoms with Crippen molar-refractivity contribution in [3.8, 4) is 0 Å². The maximum absolute atomic E-state index is 14.4. The van der Waals surface area contributed by atoms with Crippen LogP contribution in [0.25, 0.3) is 0 Å². The third-order valence-corrected chi connectivity index (χ3v) is 8.41. The van der Waals surface area contributed by atoms with Crippen molar-refractivity contribution in [3.05, 3.63) is 0 Å². The van der Waals surface area contributed by atoms with Crippen LogP contribution < -0.4 is 10.6 Å². The molecule has 2 saturated carbocycles. The first kappa shape index (κ1) is 25.6. The summed E-state index contributed by atoms with van der Waals surface area (Å²) in [5, 5.41) is 15.5. The Morgan fingerprint density at radius 1 is 1.12 bits per heavy atom. The lowest BCUT2D eigenvalue weighted by molar-refractivity contribution is -0.204. The fraction of sp³-hybridized carbons (Fsp3) is 0.913. The van der Waals surface area contributed by atoms with Gasteiger partial charge in [-0.2, -0.15) is 13.2 Å². The van der Waals surface area contributed by atoms with Crippen LogP contribution in [-0.4, -0.2) is 95.5 Å². The fourth-order valence-electron chi connectivity index (χ4n) is 6.53. The van der Waals surface area contributed by atoms with Crippen LogP contribution in [0, 0.1) is 11.8 Å². The van der Waals surface area contributed by atoms with Crippen LogP contribution in [0.15, 0.2) is 0 Å². The summed E-state index contributed by atoms with van der Waals surface area (Å²) < 4.78 is 55.3. The number of hydrogen-bond donors (Lipinski definition) is 3. The smallest absolute Gasteiger partial charge is 0.387 e. The molecule has 7 nitrogen and oxygen atoms in total. The molecule has 3 N–H and O–H groups in total. The summed E-state index contributed by atoms with van der Waals surface area (Å²) in [6.07, 6.45) is -0.811. The van der Waals surface area contributed by atoms with Gasteiger partial charge < -0.3 is 20.6 Å². The molecule has 2 saturated heterocycles. The number of aliphatic hydroxyl groups is 1. The molecule has 0 bridgehead atoms. The molecule has 194 valence electrons. The minimum Gasteiger partial charge on any atom is -0.387 e. The van der Waals surface area contributed by atoms with Gasteiger partial charge in [0.25, 0.3) is 0 Å². The Morgan fingerprint density at radius 2 is 1.88 bits per heavy atom. The van der Waals surface area contributed by atoms with E-state index in [1.165, 1.54) is 0 Å². The van der Waals surface area contributed by atoms with Gasteiger partial charge in [0.05, 0.1) is 6.04 Å². The van der Waals surface area contributed by atoms with E-state index in [-0.39, 0.29) is 43.0 Å². The second kappa shape index (κ2) is 10.3. The number of halogens is 4. The van der Waals surface area contributed by atoms with E-state index in [9.17, 15) is 27.2 Å². The molecule has 5 unspecified atom stereocenters. The van der Waals surface area contributed by atoms with Crippen LogP contribution in [0.3, 0.4) is 0 Å². The zero-order chi connectivity index (χ0) is 24.6. The zero-order valence-corrected chi connectivity index (χ0v) is 19.6. The number of carbonyl (C=O) groups is 2. The Balaban J connectivity index is 1.34. The normalized spacial score (nSPS) is 39.5. The number of rotatable bonds is 4. The Kier molecular flexibility index (Phi) is 7.74. The molecular weight excluding hydrogens is 456 g/mol. The van der Waals surface area contributed by atoms with Crippen LogP contribution in [-0.2, 0) is 9.59 Å². The maximum Gasteiger partial charge on any atom is 0.410 e. The first-order chi connectivity index (χ1) is 16.1. The zero-order valence-electron chi connectivity index (χ0n) is 19.6. The highest BCUT2D eigenvalue weighted by Gasteiger charge is 2.50. The van der Waals surface area contributed by atoms with Gasteiger partial charge in [-0.25, -0.2) is 4.39 Å². The Morgan fingerprint density at radius 3 is 2.56 bits per heavy atom. The number of fused-ring (bicyclic) bond motifs is 1. The molecule has 34 heavy (non-hydrogen) atoms. The van der Waals surface area contributed by atoms with Gasteiger partial charge in [-0.3, -0.25) is 14.5 Å². The molecule has 0 aromatic heterocycles. The van der Waals surface area contributed by atoms with Gasteiger partial charge in [0.2, 0.25) is 11.8 Å². The lowest BCUT2D eigenvalue weighted by Gasteiger charge is -2.46. The average molecular weight is 493 g/mol. The summed E-state index contributed by atoms with van der Waals surface area (Å²) in [6.45, 7) is 1.03. The fourth-order valence-corrected chi connectivity index (χ4v) is 6.53. The number of amides is 2. The van der Waals surface area contributed by atoms with E-state index in [1.54, 1.807) is 4.90 Å². The van der Waals surface area contributed by atoms with E-state index in [1.807, 2.05) is 0 Å². The number of alkyl halides is 4. The predicted molar refractivity (Wildman–Crippen MR) is 117 cm³/mol. The molecule has 4 rings (SSSR count). The summed E-state index contributed by atoms with van der Waals surface area (Å²) in [5.41, 5.74) is 0. The second-order valence-electron chi connectivity index (χ2n) is 10.5. The van der Waals surface area contributed by atoms with Crippen LogP contribution in [0.1, 0.15) is 51.9 Å². The number of piperazine rings is 1. The van der Waals surface area contributed by atoms with E-state index in [0.717, 1.165) is 30.6 Å². The predicted octanol–water partition coefficient (Wildman–Crippen LogP) is 1.60. The van der Waals surface area contributed by atoms with E-state index in [4.69, 9.17) is 5.11 Å². The second-order valence-corrected chi connectivity index (χ2v) is 10.5. The topological polar surface area (TPSA) is 84.9 Å². The van der Waals surface area contributed by atoms with Gasteiger partial charge in [-0.05, 0) is 50.9 Å². The third kappa shape index (κ3) is 5.36. The van der Waals surface area contributed by atoms with Crippen molar-refractivity contribution >= 4 is 11.8 Å². The minimum atomic E-state index is -4.58. The molecule has 0 aromatic rings. The highest BCUT2D eigenvalue weighted by molar-refractivity contribution is 5.82. The Labute approximate surface area is 197 Å². The van der Waals surface area contributed by atoms with Crippen LogP contribution in [0.4, 0.5) is 17.6 Å². The lowest BCUT2D eigenvalue weighted by atomic mass is 9.77. The minimum absolute atomic E-state index is 0.0100.